The van der Waals surface area contributed by atoms with Crippen LogP contribution >= 0.6 is 0 Å². The molecular formula is C15H9FO2. The molecule has 3 heteroatoms. The molecule has 1 heterocycles. The standard InChI is InChI=1S/C15H9FO2/c16-13-7-10(9-17)5-6-12(13)15-8-11-3-1-2-4-14(11)18-15/h1-9H. The van der Waals surface area contributed by atoms with Gasteiger partial charge in [-0.1, -0.05) is 24.3 Å². The normalized spacial score (nSPS) is 10.7. The van der Waals surface area contributed by atoms with Gasteiger partial charge < -0.3 is 4.42 Å². The van der Waals surface area contributed by atoms with Gasteiger partial charge in [-0.15, -0.1) is 0 Å². The molecule has 0 N–H and O–H groups in total. The number of benzene rings is 2. The molecule has 0 amide bonds. The molecule has 0 spiro atoms. The zero-order valence-electron chi connectivity index (χ0n) is 9.39. The Balaban J connectivity index is 2.16. The number of furan rings is 1. The van der Waals surface area contributed by atoms with E-state index in [0.29, 0.717) is 28.8 Å². The van der Waals surface area contributed by atoms with E-state index < -0.39 is 5.82 Å². The summed E-state index contributed by atoms with van der Waals surface area (Å²) in [5.41, 5.74) is 1.38. The van der Waals surface area contributed by atoms with Crippen molar-refractivity contribution in [3.8, 4) is 11.3 Å². The molecule has 0 fully saturated rings. The molecule has 0 atom stereocenters. The lowest BCUT2D eigenvalue weighted by molar-refractivity contribution is 0.112. The third-order valence-electron chi connectivity index (χ3n) is 2.82. The van der Waals surface area contributed by atoms with Gasteiger partial charge in [0.15, 0.2) is 0 Å². The van der Waals surface area contributed by atoms with Crippen LogP contribution in [0.25, 0.3) is 22.3 Å². The summed E-state index contributed by atoms with van der Waals surface area (Å²) in [6.45, 7) is 0. The Morgan fingerprint density at radius 3 is 2.61 bits per heavy atom. The molecule has 0 aliphatic carbocycles. The molecule has 2 aromatic carbocycles. The van der Waals surface area contributed by atoms with Crippen LogP contribution in [-0.4, -0.2) is 6.29 Å². The molecular weight excluding hydrogens is 231 g/mol. The van der Waals surface area contributed by atoms with Gasteiger partial charge in [0, 0.05) is 10.9 Å². The van der Waals surface area contributed by atoms with Crippen molar-refractivity contribution in [2.75, 3.05) is 0 Å². The molecule has 3 rings (SSSR count). The molecule has 0 saturated carbocycles. The SMILES string of the molecule is O=Cc1ccc(-c2cc3ccccc3o2)c(F)c1. The smallest absolute Gasteiger partial charge is 0.150 e. The predicted octanol–water partition coefficient (Wildman–Crippen LogP) is 4.05. The summed E-state index contributed by atoms with van der Waals surface area (Å²) in [5, 5.41) is 0.923. The van der Waals surface area contributed by atoms with Gasteiger partial charge in [0.1, 0.15) is 23.4 Å². The average molecular weight is 240 g/mol. The van der Waals surface area contributed by atoms with E-state index in [2.05, 4.69) is 0 Å². The minimum absolute atomic E-state index is 0.312. The van der Waals surface area contributed by atoms with Gasteiger partial charge in [0.2, 0.25) is 0 Å². The van der Waals surface area contributed by atoms with Gasteiger partial charge in [-0.3, -0.25) is 4.79 Å². The van der Waals surface area contributed by atoms with Gasteiger partial charge in [-0.25, -0.2) is 4.39 Å². The van der Waals surface area contributed by atoms with Crippen LogP contribution in [0.4, 0.5) is 4.39 Å². The first-order valence-corrected chi connectivity index (χ1v) is 5.51. The van der Waals surface area contributed by atoms with Crippen LogP contribution < -0.4 is 0 Å². The number of carbonyl (C=O) groups is 1. The summed E-state index contributed by atoms with van der Waals surface area (Å²) < 4.78 is 19.4. The average Bonchev–Trinajstić information content (AvgIpc) is 2.81. The van der Waals surface area contributed by atoms with Crippen molar-refractivity contribution in [2.24, 2.45) is 0 Å². The highest BCUT2D eigenvalue weighted by Crippen LogP contribution is 2.29. The number of rotatable bonds is 2. The Kier molecular flexibility index (Phi) is 2.45. The Morgan fingerprint density at radius 2 is 1.89 bits per heavy atom. The molecule has 88 valence electrons. The van der Waals surface area contributed by atoms with E-state index in [4.69, 9.17) is 4.42 Å². The van der Waals surface area contributed by atoms with Crippen LogP contribution in [0.1, 0.15) is 10.4 Å². The summed E-state index contributed by atoms with van der Waals surface area (Å²) in [6.07, 6.45) is 0.617. The first-order chi connectivity index (χ1) is 8.78. The van der Waals surface area contributed by atoms with Gasteiger partial charge in [0.25, 0.3) is 0 Å². The molecule has 0 radical (unpaired) electrons. The highest BCUT2D eigenvalue weighted by Gasteiger charge is 2.10. The topological polar surface area (TPSA) is 30.2 Å². The van der Waals surface area contributed by atoms with Crippen LogP contribution in [0.3, 0.4) is 0 Å². The lowest BCUT2D eigenvalue weighted by atomic mass is 10.1. The van der Waals surface area contributed by atoms with E-state index in [1.165, 1.54) is 6.07 Å². The number of para-hydroxylation sites is 1. The molecule has 1 aromatic heterocycles. The largest absolute Gasteiger partial charge is 0.456 e. The fourth-order valence-electron chi connectivity index (χ4n) is 1.92. The summed E-state index contributed by atoms with van der Waals surface area (Å²) in [7, 11) is 0. The maximum atomic E-state index is 13.8. The number of hydrogen-bond acceptors (Lipinski definition) is 2. The van der Waals surface area contributed by atoms with Crippen LogP contribution in [0.2, 0.25) is 0 Å². The van der Waals surface area contributed by atoms with E-state index >= 15 is 0 Å². The summed E-state index contributed by atoms with van der Waals surface area (Å²) in [6, 6.07) is 13.6. The Labute approximate surface area is 103 Å². The van der Waals surface area contributed by atoms with E-state index in [9.17, 15) is 9.18 Å². The number of halogens is 1. The van der Waals surface area contributed by atoms with Crippen molar-refractivity contribution in [3.63, 3.8) is 0 Å². The Morgan fingerprint density at radius 1 is 1.06 bits per heavy atom. The van der Waals surface area contributed by atoms with Crippen LogP contribution in [0.15, 0.2) is 52.9 Å². The lowest BCUT2D eigenvalue weighted by Gasteiger charge is -1.99. The quantitative estimate of drug-likeness (QED) is 0.632. The fraction of sp³-hybridized carbons (Fsp3) is 0. The molecule has 0 aliphatic heterocycles. The monoisotopic (exact) mass is 240 g/mol. The van der Waals surface area contributed by atoms with E-state index in [1.54, 1.807) is 18.2 Å². The summed E-state index contributed by atoms with van der Waals surface area (Å²) in [5.74, 6) is 0.00445. The third kappa shape index (κ3) is 1.70. The second kappa shape index (κ2) is 4.11. The van der Waals surface area contributed by atoms with Crippen molar-refractivity contribution in [2.45, 2.75) is 0 Å². The molecule has 0 unspecified atom stereocenters. The van der Waals surface area contributed by atoms with Crippen molar-refractivity contribution in [1.82, 2.24) is 0 Å². The number of aldehydes is 1. The summed E-state index contributed by atoms with van der Waals surface area (Å²) in [4.78, 5) is 10.6. The van der Waals surface area contributed by atoms with Crippen molar-refractivity contribution < 1.29 is 13.6 Å². The van der Waals surface area contributed by atoms with Gasteiger partial charge >= 0.3 is 0 Å². The maximum absolute atomic E-state index is 13.8. The fourth-order valence-corrected chi connectivity index (χ4v) is 1.92. The molecule has 2 nitrogen and oxygen atoms in total. The summed E-state index contributed by atoms with van der Waals surface area (Å²) >= 11 is 0. The lowest BCUT2D eigenvalue weighted by Crippen LogP contribution is -1.86. The second-order valence-electron chi connectivity index (χ2n) is 4.01. The molecule has 18 heavy (non-hydrogen) atoms. The maximum Gasteiger partial charge on any atom is 0.150 e. The highest BCUT2D eigenvalue weighted by atomic mass is 19.1. The zero-order valence-corrected chi connectivity index (χ0v) is 9.39. The minimum Gasteiger partial charge on any atom is -0.456 e. The number of hydrogen-bond donors (Lipinski definition) is 0. The molecule has 0 bridgehead atoms. The molecule has 0 saturated heterocycles. The first-order valence-electron chi connectivity index (χ1n) is 5.51. The van der Waals surface area contributed by atoms with Crippen LogP contribution in [-0.2, 0) is 0 Å². The second-order valence-corrected chi connectivity index (χ2v) is 4.01. The van der Waals surface area contributed by atoms with Crippen LogP contribution in [0, 0.1) is 5.82 Å². The van der Waals surface area contributed by atoms with E-state index in [-0.39, 0.29) is 0 Å². The van der Waals surface area contributed by atoms with E-state index in [0.717, 1.165) is 5.39 Å². The Hall–Kier alpha value is -2.42. The first kappa shape index (κ1) is 10.7. The van der Waals surface area contributed by atoms with Gasteiger partial charge in [-0.05, 0) is 24.3 Å². The third-order valence-corrected chi connectivity index (χ3v) is 2.82. The number of carbonyl (C=O) groups excluding carboxylic acids is 1. The number of fused-ring (bicyclic) bond motifs is 1. The predicted molar refractivity (Wildman–Crippen MR) is 67.0 cm³/mol. The molecule has 3 aromatic rings. The zero-order chi connectivity index (χ0) is 12.5. The van der Waals surface area contributed by atoms with Gasteiger partial charge in [0.05, 0.1) is 5.56 Å². The van der Waals surface area contributed by atoms with Gasteiger partial charge in [-0.2, -0.15) is 0 Å². The van der Waals surface area contributed by atoms with Crippen molar-refractivity contribution in [3.05, 3.63) is 59.9 Å². The highest BCUT2D eigenvalue weighted by molar-refractivity contribution is 5.83. The van der Waals surface area contributed by atoms with E-state index in [1.807, 2.05) is 24.3 Å². The minimum atomic E-state index is -0.460. The van der Waals surface area contributed by atoms with Crippen LogP contribution in [0.5, 0.6) is 0 Å². The Bertz CT molecular complexity index is 695. The van der Waals surface area contributed by atoms with Crippen molar-refractivity contribution in [1.29, 1.82) is 0 Å². The molecule has 0 aliphatic rings. The van der Waals surface area contributed by atoms with Crippen molar-refractivity contribution >= 4 is 17.3 Å².